The third-order valence-electron chi connectivity index (χ3n) is 6.92. The van der Waals surface area contributed by atoms with E-state index in [-0.39, 0.29) is 17.7 Å². The maximum absolute atomic E-state index is 12.9. The molecule has 1 amide bonds. The summed E-state index contributed by atoms with van der Waals surface area (Å²) in [5.41, 5.74) is 1.89. The summed E-state index contributed by atoms with van der Waals surface area (Å²) in [4.78, 5) is 21.7. The Labute approximate surface area is 191 Å². The molecule has 3 heterocycles. The lowest BCUT2D eigenvalue weighted by atomic mass is 10.1. The topological polar surface area (TPSA) is 88.0 Å². The van der Waals surface area contributed by atoms with Gasteiger partial charge in [-0.1, -0.05) is 12.1 Å². The molecule has 1 unspecified atom stereocenters. The summed E-state index contributed by atoms with van der Waals surface area (Å²) in [6.45, 7) is 7.98. The van der Waals surface area contributed by atoms with Crippen LogP contribution in [-0.4, -0.2) is 110 Å². The summed E-state index contributed by atoms with van der Waals surface area (Å²) >= 11 is 0. The van der Waals surface area contributed by atoms with E-state index in [0.717, 1.165) is 58.7 Å². The number of carbonyl (C=O) groups is 1. The van der Waals surface area contributed by atoms with E-state index in [1.165, 1.54) is 5.56 Å². The van der Waals surface area contributed by atoms with E-state index in [0.29, 0.717) is 31.0 Å². The van der Waals surface area contributed by atoms with Gasteiger partial charge < -0.3 is 4.90 Å². The van der Waals surface area contributed by atoms with Crippen molar-refractivity contribution in [1.82, 2.24) is 19.6 Å². The number of nitrogens with zero attached hydrogens (tertiary/aromatic N) is 5. The maximum Gasteiger partial charge on any atom is 0.236 e. The molecule has 3 aliphatic heterocycles. The highest BCUT2D eigenvalue weighted by molar-refractivity contribution is 7.91. The molecule has 0 radical (unpaired) electrons. The number of hydrogen-bond acceptors (Lipinski definition) is 7. The fourth-order valence-electron chi connectivity index (χ4n) is 4.97. The molecule has 1 atom stereocenters. The summed E-state index contributed by atoms with van der Waals surface area (Å²) in [5.74, 6) is 0.756. The Morgan fingerprint density at radius 3 is 2.31 bits per heavy atom. The van der Waals surface area contributed by atoms with Crippen molar-refractivity contribution in [2.75, 3.05) is 70.4 Å². The molecule has 0 aliphatic carbocycles. The normalized spacial score (nSPS) is 25.3. The largest absolute Gasteiger partial charge is 0.339 e. The maximum atomic E-state index is 12.9. The Bertz CT molecular complexity index is 935. The van der Waals surface area contributed by atoms with Gasteiger partial charge in [0.2, 0.25) is 5.91 Å². The Hall–Kier alpha value is -1.99. The van der Waals surface area contributed by atoms with Crippen molar-refractivity contribution in [3.8, 4) is 6.07 Å². The third kappa shape index (κ3) is 6.07. The Morgan fingerprint density at radius 1 is 0.969 bits per heavy atom. The zero-order valence-electron chi connectivity index (χ0n) is 18.7. The van der Waals surface area contributed by atoms with Gasteiger partial charge in [-0.15, -0.1) is 0 Å². The van der Waals surface area contributed by atoms with Gasteiger partial charge in [-0.2, -0.15) is 5.26 Å². The minimum atomic E-state index is -2.87. The van der Waals surface area contributed by atoms with Crippen molar-refractivity contribution in [3.05, 3.63) is 35.4 Å². The zero-order valence-corrected chi connectivity index (χ0v) is 19.5. The standard InChI is InChI=1S/C23H33N5O3S/c24-16-20-2-4-21(5-3-20)17-25-7-1-8-26(10-9-25)18-23(29)28-13-11-27(12-14-28)22-6-15-32(30,31)19-22/h2-5,22H,1,6-15,17-19H2. The van der Waals surface area contributed by atoms with Gasteiger partial charge >= 0.3 is 0 Å². The van der Waals surface area contributed by atoms with Crippen LogP contribution in [0.15, 0.2) is 24.3 Å². The SMILES string of the molecule is N#Cc1ccc(CN2CCCN(CC(=O)N3CCN(C4CCS(=O)(=O)C4)CC3)CC2)cc1. The molecule has 0 saturated carbocycles. The minimum Gasteiger partial charge on any atom is -0.339 e. The van der Waals surface area contributed by atoms with Gasteiger partial charge in [-0.25, -0.2) is 8.42 Å². The fraction of sp³-hybridized carbons (Fsp3) is 0.652. The van der Waals surface area contributed by atoms with E-state index < -0.39 is 9.84 Å². The van der Waals surface area contributed by atoms with E-state index in [2.05, 4.69) is 20.8 Å². The smallest absolute Gasteiger partial charge is 0.236 e. The van der Waals surface area contributed by atoms with Crippen LogP contribution in [0.1, 0.15) is 24.0 Å². The second-order valence-corrected chi connectivity index (χ2v) is 11.4. The molecule has 174 valence electrons. The lowest BCUT2D eigenvalue weighted by molar-refractivity contribution is -0.134. The molecule has 0 bridgehead atoms. The Kier molecular flexibility index (Phi) is 7.46. The van der Waals surface area contributed by atoms with Crippen LogP contribution in [0.25, 0.3) is 0 Å². The van der Waals surface area contributed by atoms with Gasteiger partial charge in [0.15, 0.2) is 9.84 Å². The molecule has 0 spiro atoms. The van der Waals surface area contributed by atoms with Crippen LogP contribution in [0.5, 0.6) is 0 Å². The fourth-order valence-corrected chi connectivity index (χ4v) is 6.74. The van der Waals surface area contributed by atoms with Crippen LogP contribution in [0.4, 0.5) is 0 Å². The van der Waals surface area contributed by atoms with Gasteiger partial charge in [0.05, 0.1) is 29.7 Å². The molecule has 3 fully saturated rings. The highest BCUT2D eigenvalue weighted by atomic mass is 32.2. The molecule has 1 aromatic rings. The second-order valence-electron chi connectivity index (χ2n) is 9.19. The number of hydrogen-bond donors (Lipinski definition) is 0. The first kappa shape index (κ1) is 23.2. The summed E-state index contributed by atoms with van der Waals surface area (Å²) in [7, 11) is -2.87. The lowest BCUT2D eigenvalue weighted by Gasteiger charge is -2.38. The zero-order chi connectivity index (χ0) is 22.6. The van der Waals surface area contributed by atoms with Crippen molar-refractivity contribution < 1.29 is 13.2 Å². The predicted octanol–water partition coefficient (Wildman–Crippen LogP) is 0.397. The molecule has 0 aromatic heterocycles. The van der Waals surface area contributed by atoms with Crippen LogP contribution in [0.2, 0.25) is 0 Å². The van der Waals surface area contributed by atoms with Crippen molar-refractivity contribution >= 4 is 15.7 Å². The highest BCUT2D eigenvalue weighted by Crippen LogP contribution is 2.19. The van der Waals surface area contributed by atoms with Crippen LogP contribution >= 0.6 is 0 Å². The van der Waals surface area contributed by atoms with E-state index in [9.17, 15) is 13.2 Å². The van der Waals surface area contributed by atoms with Gasteiger partial charge in [-0.3, -0.25) is 19.5 Å². The highest BCUT2D eigenvalue weighted by Gasteiger charge is 2.34. The quantitative estimate of drug-likeness (QED) is 0.630. The number of benzene rings is 1. The van der Waals surface area contributed by atoms with Crippen molar-refractivity contribution in [1.29, 1.82) is 5.26 Å². The average molecular weight is 460 g/mol. The molecule has 8 nitrogen and oxygen atoms in total. The minimum absolute atomic E-state index is 0.130. The number of sulfone groups is 1. The van der Waals surface area contributed by atoms with Crippen LogP contribution in [-0.2, 0) is 21.2 Å². The van der Waals surface area contributed by atoms with Crippen molar-refractivity contribution in [3.63, 3.8) is 0 Å². The third-order valence-corrected chi connectivity index (χ3v) is 8.67. The summed E-state index contributed by atoms with van der Waals surface area (Å²) < 4.78 is 23.5. The molecule has 1 aromatic carbocycles. The first-order chi connectivity index (χ1) is 15.4. The van der Waals surface area contributed by atoms with E-state index in [1.54, 1.807) is 0 Å². The summed E-state index contributed by atoms with van der Waals surface area (Å²) in [6, 6.07) is 10.1. The molecular weight excluding hydrogens is 426 g/mol. The molecule has 3 saturated heterocycles. The predicted molar refractivity (Wildman–Crippen MR) is 123 cm³/mol. The van der Waals surface area contributed by atoms with Crippen molar-refractivity contribution in [2.45, 2.75) is 25.4 Å². The monoisotopic (exact) mass is 459 g/mol. The van der Waals surface area contributed by atoms with Crippen molar-refractivity contribution in [2.24, 2.45) is 0 Å². The average Bonchev–Trinajstić information content (AvgIpc) is 3.02. The molecule has 4 rings (SSSR count). The van der Waals surface area contributed by atoms with Gasteiger partial charge in [-0.05, 0) is 43.6 Å². The van der Waals surface area contributed by atoms with Gasteiger partial charge in [0, 0.05) is 51.9 Å². The van der Waals surface area contributed by atoms with Crippen LogP contribution in [0.3, 0.4) is 0 Å². The number of piperazine rings is 1. The molecular formula is C23H33N5O3S. The van der Waals surface area contributed by atoms with E-state index in [4.69, 9.17) is 5.26 Å². The van der Waals surface area contributed by atoms with E-state index >= 15 is 0 Å². The number of amides is 1. The Balaban J connectivity index is 1.20. The number of rotatable bonds is 5. The summed E-state index contributed by atoms with van der Waals surface area (Å²) in [5, 5.41) is 8.94. The first-order valence-electron chi connectivity index (χ1n) is 11.6. The molecule has 9 heteroatoms. The van der Waals surface area contributed by atoms with Crippen LogP contribution in [0, 0.1) is 11.3 Å². The van der Waals surface area contributed by atoms with Gasteiger partial charge in [0.25, 0.3) is 0 Å². The molecule has 32 heavy (non-hydrogen) atoms. The molecule has 3 aliphatic rings. The first-order valence-corrected chi connectivity index (χ1v) is 13.4. The van der Waals surface area contributed by atoms with E-state index in [1.807, 2.05) is 29.2 Å². The summed E-state index contributed by atoms with van der Waals surface area (Å²) in [6.07, 6.45) is 1.76. The van der Waals surface area contributed by atoms with Crippen LogP contribution < -0.4 is 0 Å². The Morgan fingerprint density at radius 2 is 1.66 bits per heavy atom. The molecule has 0 N–H and O–H groups in total. The number of carbonyl (C=O) groups excluding carboxylic acids is 1. The van der Waals surface area contributed by atoms with Gasteiger partial charge in [0.1, 0.15) is 0 Å². The lowest BCUT2D eigenvalue weighted by Crippen LogP contribution is -2.54. The second kappa shape index (κ2) is 10.3. The number of nitriles is 1.